The molecule has 0 unspecified atom stereocenters. The Balaban J connectivity index is 2.17. The molecule has 1 aliphatic rings. The molecule has 0 aliphatic carbocycles. The molecule has 3 rings (SSSR count). The fourth-order valence-electron chi connectivity index (χ4n) is 4.47. The van der Waals surface area contributed by atoms with Crippen LogP contribution >= 0.6 is 0 Å². The van der Waals surface area contributed by atoms with Crippen molar-refractivity contribution in [2.75, 3.05) is 0 Å². The summed E-state index contributed by atoms with van der Waals surface area (Å²) < 4.78 is 34.4. The first-order chi connectivity index (χ1) is 21.7. The van der Waals surface area contributed by atoms with Gasteiger partial charge >= 0.3 is 0 Å². The second-order valence-corrected chi connectivity index (χ2v) is 39.3. The van der Waals surface area contributed by atoms with Crippen LogP contribution in [0.5, 0.6) is 28.7 Å². The molecule has 0 amide bonds. The lowest BCUT2D eigenvalue weighted by Crippen LogP contribution is -2.46. The first-order valence-electron chi connectivity index (χ1n) is 18.1. The lowest BCUT2D eigenvalue weighted by molar-refractivity contribution is 0.0200. The highest BCUT2D eigenvalue weighted by molar-refractivity contribution is 6.76. The molecule has 0 bridgehead atoms. The van der Waals surface area contributed by atoms with E-state index in [1.807, 2.05) is 30.3 Å². The quantitative estimate of drug-likeness (QED) is 0.258. The molecule has 0 aromatic heterocycles. The summed E-state index contributed by atoms with van der Waals surface area (Å²) in [6.07, 6.45) is -0.973. The number of benzene rings is 2. The third kappa shape index (κ3) is 9.20. The monoisotopic (exact) mass is 746 g/mol. The summed E-state index contributed by atoms with van der Waals surface area (Å²) in [7, 11) is -8.77. The molecule has 0 radical (unpaired) electrons. The molecule has 49 heavy (non-hydrogen) atoms. The molecule has 278 valence electrons. The zero-order chi connectivity index (χ0) is 38.0. The third-order valence-electron chi connectivity index (χ3n) is 12.1. The van der Waals surface area contributed by atoms with E-state index in [4.69, 9.17) is 22.4 Å². The van der Waals surface area contributed by atoms with Gasteiger partial charge < -0.3 is 27.5 Å². The summed E-state index contributed by atoms with van der Waals surface area (Å²) in [5.74, 6) is 3.71. The number of ether oxygens (including phenoxy) is 1. The molecule has 0 spiro atoms. The molecular formula is C39H70O6Si4. The largest absolute Gasteiger partial charge is 0.543 e. The molecule has 2 atom stereocenters. The van der Waals surface area contributed by atoms with Gasteiger partial charge in [-0.15, -0.1) is 0 Å². The molecule has 0 fully saturated rings. The van der Waals surface area contributed by atoms with Gasteiger partial charge in [0.1, 0.15) is 34.9 Å². The van der Waals surface area contributed by atoms with Crippen molar-refractivity contribution in [2.24, 2.45) is 0 Å². The zero-order valence-corrected chi connectivity index (χ0v) is 38.7. The van der Waals surface area contributed by atoms with Crippen LogP contribution in [0.25, 0.3) is 0 Å². The fourth-order valence-corrected chi connectivity index (χ4v) is 8.56. The van der Waals surface area contributed by atoms with Crippen LogP contribution in [0.15, 0.2) is 30.3 Å². The number of fused-ring (bicyclic) bond motifs is 1. The van der Waals surface area contributed by atoms with E-state index < -0.39 is 45.5 Å². The summed E-state index contributed by atoms with van der Waals surface area (Å²) in [4.78, 5) is 0. The highest BCUT2D eigenvalue weighted by Gasteiger charge is 2.45. The maximum atomic E-state index is 11.8. The Morgan fingerprint density at radius 1 is 0.551 bits per heavy atom. The van der Waals surface area contributed by atoms with Crippen molar-refractivity contribution in [2.45, 2.75) is 174 Å². The predicted octanol–water partition coefficient (Wildman–Crippen LogP) is 12.3. The van der Waals surface area contributed by atoms with Gasteiger partial charge in [0.2, 0.25) is 16.6 Å². The van der Waals surface area contributed by atoms with E-state index in [1.54, 1.807) is 0 Å². The normalized spacial score (nSPS) is 18.4. The van der Waals surface area contributed by atoms with Crippen LogP contribution < -0.4 is 22.4 Å². The molecule has 2 aromatic rings. The lowest BCUT2D eigenvalue weighted by Gasteiger charge is -2.41. The van der Waals surface area contributed by atoms with Gasteiger partial charge in [-0.05, 0) is 90.2 Å². The Hall–Kier alpha value is -1.73. The van der Waals surface area contributed by atoms with Gasteiger partial charge in [-0.25, -0.2) is 0 Å². The fraction of sp³-hybridized carbons (Fsp3) is 0.692. The molecule has 10 heteroatoms. The highest BCUT2D eigenvalue weighted by atomic mass is 28.4. The number of hydrogen-bond donors (Lipinski definition) is 1. The van der Waals surface area contributed by atoms with Gasteiger partial charge in [-0.2, -0.15) is 0 Å². The van der Waals surface area contributed by atoms with E-state index in [0.29, 0.717) is 12.2 Å². The summed E-state index contributed by atoms with van der Waals surface area (Å²) in [6, 6.07) is 10.1. The Labute approximate surface area is 304 Å². The summed E-state index contributed by atoms with van der Waals surface area (Å²) in [6.45, 7) is 45.0. The second kappa shape index (κ2) is 13.4. The van der Waals surface area contributed by atoms with E-state index in [2.05, 4.69) is 135 Å². The third-order valence-corrected chi connectivity index (χ3v) is 29.5. The maximum Gasteiger partial charge on any atom is 0.250 e. The number of aliphatic hydroxyl groups is 1. The van der Waals surface area contributed by atoms with E-state index in [0.717, 1.165) is 34.1 Å². The predicted molar refractivity (Wildman–Crippen MR) is 217 cm³/mol. The van der Waals surface area contributed by atoms with Gasteiger partial charge in [0.25, 0.3) is 16.6 Å². The van der Waals surface area contributed by atoms with Crippen LogP contribution in [0.3, 0.4) is 0 Å². The standard InChI is InChI=1S/C39H70O6Si4/c1-36(2,3)46(13,14)42-28-24-32-29(33(25-28)44-48(17,18)38(7,8)9)26-30(40)35(41-32)27-21-22-31(43-47(15,16)37(4,5)6)34(23-27)45-49(19,20)39(10,11)12/h21-25,30,35,40H,26H2,1-20H3/t30-,35-/m1/s1. The van der Waals surface area contributed by atoms with E-state index in [-0.39, 0.29) is 20.2 Å². The summed E-state index contributed by atoms with van der Waals surface area (Å²) >= 11 is 0. The Morgan fingerprint density at radius 2 is 0.959 bits per heavy atom. The Morgan fingerprint density at radius 3 is 1.41 bits per heavy atom. The van der Waals surface area contributed by atoms with Crippen LogP contribution in [0.1, 0.15) is 100 Å². The minimum Gasteiger partial charge on any atom is -0.543 e. The SMILES string of the molecule is CC(C)(C)[Si](C)(C)Oc1cc2c(c(O[Si](C)(C)C(C)(C)C)c1)C[C@@H](O)[C@@H](c1ccc(O[Si](C)(C)C(C)(C)C)c(O[Si](C)(C)C(C)(C)C)c1)O2. The van der Waals surface area contributed by atoms with Crippen LogP contribution in [-0.2, 0) is 6.42 Å². The summed E-state index contributed by atoms with van der Waals surface area (Å²) in [5.41, 5.74) is 1.75. The van der Waals surface area contributed by atoms with Crippen molar-refractivity contribution in [1.29, 1.82) is 0 Å². The molecule has 0 saturated carbocycles. The van der Waals surface area contributed by atoms with E-state index in [9.17, 15) is 5.11 Å². The smallest absolute Gasteiger partial charge is 0.250 e. The first-order valence-corrected chi connectivity index (χ1v) is 29.7. The molecule has 6 nitrogen and oxygen atoms in total. The van der Waals surface area contributed by atoms with Crippen molar-refractivity contribution >= 4 is 33.3 Å². The molecule has 1 N–H and O–H groups in total. The van der Waals surface area contributed by atoms with Gasteiger partial charge in [0, 0.05) is 24.1 Å². The van der Waals surface area contributed by atoms with Crippen molar-refractivity contribution in [3.8, 4) is 28.7 Å². The molecule has 1 aliphatic heterocycles. The van der Waals surface area contributed by atoms with Crippen LogP contribution in [0, 0.1) is 0 Å². The molecule has 0 saturated heterocycles. The van der Waals surface area contributed by atoms with Crippen molar-refractivity contribution < 1.29 is 27.5 Å². The molecule has 2 aromatic carbocycles. The van der Waals surface area contributed by atoms with Gasteiger partial charge in [0.05, 0.1) is 6.10 Å². The average molecular weight is 747 g/mol. The number of hydrogen-bond acceptors (Lipinski definition) is 6. The molecule has 1 heterocycles. The van der Waals surface area contributed by atoms with Crippen molar-refractivity contribution in [1.82, 2.24) is 0 Å². The van der Waals surface area contributed by atoms with E-state index in [1.165, 1.54) is 0 Å². The van der Waals surface area contributed by atoms with Crippen LogP contribution in [-0.4, -0.2) is 44.5 Å². The van der Waals surface area contributed by atoms with Gasteiger partial charge in [0.15, 0.2) is 0 Å². The highest BCUT2D eigenvalue weighted by Crippen LogP contribution is 2.49. The Kier molecular flexibility index (Phi) is 11.4. The van der Waals surface area contributed by atoms with Crippen LogP contribution in [0.2, 0.25) is 72.5 Å². The number of aliphatic hydroxyl groups excluding tert-OH is 1. The first kappa shape index (κ1) is 41.7. The van der Waals surface area contributed by atoms with Crippen LogP contribution in [0.4, 0.5) is 0 Å². The molecular weight excluding hydrogens is 677 g/mol. The van der Waals surface area contributed by atoms with Gasteiger partial charge in [-0.3, -0.25) is 0 Å². The van der Waals surface area contributed by atoms with Crippen molar-refractivity contribution in [3.63, 3.8) is 0 Å². The van der Waals surface area contributed by atoms with Gasteiger partial charge in [-0.1, -0.05) is 89.2 Å². The van der Waals surface area contributed by atoms with E-state index >= 15 is 0 Å². The summed E-state index contributed by atoms with van der Waals surface area (Å²) in [5, 5.41) is 11.8. The minimum atomic E-state index is -2.23. The average Bonchev–Trinajstić information content (AvgIpc) is 2.86. The Bertz CT molecular complexity index is 1490. The minimum absolute atomic E-state index is 0.00161. The maximum absolute atomic E-state index is 11.8. The lowest BCUT2D eigenvalue weighted by atomic mass is 9.94. The topological polar surface area (TPSA) is 66.4 Å². The zero-order valence-electron chi connectivity index (χ0n) is 34.7. The van der Waals surface area contributed by atoms with Crippen molar-refractivity contribution in [3.05, 3.63) is 41.5 Å². The number of rotatable bonds is 9. The second-order valence-electron chi connectivity index (χ2n) is 20.4.